The zero-order valence-corrected chi connectivity index (χ0v) is 12.8. The molecule has 0 aromatic carbocycles. The predicted molar refractivity (Wildman–Crippen MR) is 74.9 cm³/mol. The second-order valence-corrected chi connectivity index (χ2v) is 5.55. The lowest BCUT2D eigenvalue weighted by Crippen LogP contribution is -2.43. The van der Waals surface area contributed by atoms with Gasteiger partial charge in [-0.25, -0.2) is 9.69 Å². The minimum atomic E-state index is -0.969. The van der Waals surface area contributed by atoms with E-state index in [0.717, 1.165) is 0 Å². The molecular formula is C13H22N4O4. The van der Waals surface area contributed by atoms with Crippen LogP contribution in [0.25, 0.3) is 0 Å². The smallest absolute Gasteiger partial charge is 0.334 e. The van der Waals surface area contributed by atoms with E-state index in [-0.39, 0.29) is 6.04 Å². The van der Waals surface area contributed by atoms with Crippen LogP contribution < -0.4 is 5.73 Å². The third kappa shape index (κ3) is 3.78. The van der Waals surface area contributed by atoms with E-state index in [1.165, 1.54) is 11.9 Å². The number of carbonyl (C=O) groups is 4. The van der Waals surface area contributed by atoms with Gasteiger partial charge in [0.15, 0.2) is 0 Å². The van der Waals surface area contributed by atoms with Gasteiger partial charge in [0.25, 0.3) is 0 Å². The first-order valence-corrected chi connectivity index (χ1v) is 6.79. The normalized spacial score (nSPS) is 17.0. The van der Waals surface area contributed by atoms with E-state index in [1.54, 1.807) is 7.05 Å². The molecule has 8 heteroatoms. The molecule has 1 heterocycles. The molecule has 21 heavy (non-hydrogen) atoms. The first-order valence-electron chi connectivity index (χ1n) is 6.79. The van der Waals surface area contributed by atoms with Crippen LogP contribution in [0.3, 0.4) is 0 Å². The maximum absolute atomic E-state index is 12.0. The van der Waals surface area contributed by atoms with Crippen molar-refractivity contribution in [2.45, 2.75) is 26.3 Å². The van der Waals surface area contributed by atoms with Crippen molar-refractivity contribution in [3.63, 3.8) is 0 Å². The molecule has 0 radical (unpaired) electrons. The monoisotopic (exact) mass is 298 g/mol. The van der Waals surface area contributed by atoms with Gasteiger partial charge >= 0.3 is 17.8 Å². The fourth-order valence-electron chi connectivity index (χ4n) is 1.81. The highest BCUT2D eigenvalue weighted by molar-refractivity contribution is 6.44. The lowest BCUT2D eigenvalue weighted by molar-refractivity contribution is -0.144. The van der Waals surface area contributed by atoms with Crippen LogP contribution in [0.2, 0.25) is 0 Å². The number of nitrogens with zero attached hydrogens (tertiary/aromatic N) is 3. The van der Waals surface area contributed by atoms with E-state index in [2.05, 4.69) is 0 Å². The first-order chi connectivity index (χ1) is 9.66. The molecule has 5 amide bonds. The quantitative estimate of drug-likeness (QED) is 0.512. The molecule has 0 saturated carbocycles. The van der Waals surface area contributed by atoms with E-state index in [9.17, 15) is 19.2 Å². The van der Waals surface area contributed by atoms with Crippen LogP contribution >= 0.6 is 0 Å². The Morgan fingerprint density at radius 2 is 1.81 bits per heavy atom. The van der Waals surface area contributed by atoms with Crippen LogP contribution in [-0.2, 0) is 14.4 Å². The molecule has 1 fully saturated rings. The molecule has 1 unspecified atom stereocenters. The number of nitrogens with two attached hydrogens (primary N) is 1. The van der Waals surface area contributed by atoms with E-state index >= 15 is 0 Å². The molecule has 0 aromatic rings. The number of carbonyl (C=O) groups excluding carboxylic acids is 4. The molecule has 0 aromatic heterocycles. The van der Waals surface area contributed by atoms with Gasteiger partial charge in [-0.3, -0.25) is 19.3 Å². The van der Waals surface area contributed by atoms with Crippen molar-refractivity contribution >= 4 is 23.8 Å². The van der Waals surface area contributed by atoms with Gasteiger partial charge in [0.2, 0.25) is 5.91 Å². The van der Waals surface area contributed by atoms with Crippen molar-refractivity contribution in [3.05, 3.63) is 0 Å². The average Bonchev–Trinajstić information content (AvgIpc) is 2.61. The fraction of sp³-hybridized carbons (Fsp3) is 0.692. The molecule has 118 valence electrons. The number of hydrogen-bond donors (Lipinski definition) is 1. The summed E-state index contributed by atoms with van der Waals surface area (Å²) in [5, 5.41) is 0. The summed E-state index contributed by atoms with van der Waals surface area (Å²) in [5.74, 6) is -1.99. The number of hydrogen-bond acceptors (Lipinski definition) is 5. The number of urea groups is 1. The molecule has 1 saturated heterocycles. The fourth-order valence-corrected chi connectivity index (χ4v) is 1.81. The summed E-state index contributed by atoms with van der Waals surface area (Å²) < 4.78 is 0. The third-order valence-corrected chi connectivity index (χ3v) is 3.62. The molecule has 0 aliphatic carbocycles. The average molecular weight is 298 g/mol. The van der Waals surface area contributed by atoms with Gasteiger partial charge in [-0.2, -0.15) is 0 Å². The Labute approximate surface area is 123 Å². The highest BCUT2D eigenvalue weighted by Crippen LogP contribution is 2.10. The van der Waals surface area contributed by atoms with Crippen LogP contribution in [0.1, 0.15) is 20.3 Å². The third-order valence-electron chi connectivity index (χ3n) is 3.62. The summed E-state index contributed by atoms with van der Waals surface area (Å²) in [6.07, 6.45) is 0.626. The Hall–Kier alpha value is -1.96. The van der Waals surface area contributed by atoms with Gasteiger partial charge in [-0.1, -0.05) is 13.8 Å². The summed E-state index contributed by atoms with van der Waals surface area (Å²) in [6.45, 7) is 3.99. The zero-order chi connectivity index (χ0) is 16.3. The Morgan fingerprint density at radius 1 is 1.24 bits per heavy atom. The lowest BCUT2D eigenvalue weighted by atomic mass is 10.0. The summed E-state index contributed by atoms with van der Waals surface area (Å²) in [7, 11) is 2.78. The second-order valence-electron chi connectivity index (χ2n) is 5.55. The summed E-state index contributed by atoms with van der Waals surface area (Å²) in [5.41, 5.74) is 5.90. The van der Waals surface area contributed by atoms with Crippen molar-refractivity contribution < 1.29 is 19.2 Å². The number of rotatable bonds is 6. The van der Waals surface area contributed by atoms with Crippen LogP contribution in [-0.4, -0.2) is 71.7 Å². The zero-order valence-electron chi connectivity index (χ0n) is 12.8. The molecule has 0 bridgehead atoms. The predicted octanol–water partition coefficient (Wildman–Crippen LogP) is -0.761. The number of imide groups is 2. The van der Waals surface area contributed by atoms with Crippen LogP contribution in [0.15, 0.2) is 0 Å². The molecule has 0 spiro atoms. The van der Waals surface area contributed by atoms with E-state index in [0.29, 0.717) is 28.7 Å². The Balaban J connectivity index is 2.55. The van der Waals surface area contributed by atoms with Crippen LogP contribution in [0.5, 0.6) is 0 Å². The maximum Gasteiger partial charge on any atom is 0.334 e. The largest absolute Gasteiger partial charge is 0.344 e. The molecule has 1 aliphatic heterocycles. The van der Waals surface area contributed by atoms with E-state index in [1.807, 2.05) is 13.8 Å². The second kappa shape index (κ2) is 6.66. The molecule has 1 rings (SSSR count). The molecule has 2 N–H and O–H groups in total. The van der Waals surface area contributed by atoms with Gasteiger partial charge in [-0.15, -0.1) is 0 Å². The van der Waals surface area contributed by atoms with Crippen molar-refractivity contribution in [1.82, 2.24) is 14.7 Å². The number of amides is 5. The lowest BCUT2D eigenvalue weighted by Gasteiger charge is -2.23. The van der Waals surface area contributed by atoms with E-state index in [4.69, 9.17) is 5.73 Å². The Kier molecular flexibility index (Phi) is 5.42. The summed E-state index contributed by atoms with van der Waals surface area (Å²) >= 11 is 0. The van der Waals surface area contributed by atoms with Gasteiger partial charge in [-0.05, 0) is 12.3 Å². The van der Waals surface area contributed by atoms with Gasteiger partial charge in [0.05, 0.1) is 0 Å². The molecule has 8 nitrogen and oxygen atoms in total. The standard InChI is InChI=1S/C13H22N4O4/c1-8(2)9(14)5-6-15(3)10(18)7-17-12(20)11(19)16(4)13(17)21/h8-9H,5-7,14H2,1-4H3. The van der Waals surface area contributed by atoms with Crippen molar-refractivity contribution in [1.29, 1.82) is 0 Å². The Bertz CT molecular complexity index is 463. The van der Waals surface area contributed by atoms with Crippen molar-refractivity contribution in [2.24, 2.45) is 11.7 Å². The van der Waals surface area contributed by atoms with Gasteiger partial charge in [0, 0.05) is 26.7 Å². The molecule has 1 atom stereocenters. The molecule has 1 aliphatic rings. The maximum atomic E-state index is 12.0. The van der Waals surface area contributed by atoms with Crippen LogP contribution in [0.4, 0.5) is 4.79 Å². The summed E-state index contributed by atoms with van der Waals surface area (Å²) in [4.78, 5) is 49.3. The number of likely N-dealkylation sites (N-methyl/N-ethyl adjacent to an activating group) is 2. The highest BCUT2D eigenvalue weighted by Gasteiger charge is 2.43. The van der Waals surface area contributed by atoms with Crippen molar-refractivity contribution in [3.8, 4) is 0 Å². The van der Waals surface area contributed by atoms with Crippen molar-refractivity contribution in [2.75, 3.05) is 27.2 Å². The highest BCUT2D eigenvalue weighted by atomic mass is 16.2. The van der Waals surface area contributed by atoms with Gasteiger partial charge in [0.1, 0.15) is 6.54 Å². The minimum Gasteiger partial charge on any atom is -0.344 e. The van der Waals surface area contributed by atoms with Crippen LogP contribution in [0, 0.1) is 5.92 Å². The first kappa shape index (κ1) is 17.1. The van der Waals surface area contributed by atoms with E-state index < -0.39 is 30.3 Å². The molecular weight excluding hydrogens is 276 g/mol. The Morgan fingerprint density at radius 3 is 2.24 bits per heavy atom. The van der Waals surface area contributed by atoms with Gasteiger partial charge < -0.3 is 10.6 Å². The SMILES string of the molecule is CC(C)C(N)CCN(C)C(=O)CN1C(=O)C(=O)N(C)C1=O. The topological polar surface area (TPSA) is 104 Å². The minimum absolute atomic E-state index is 0.0250. The summed E-state index contributed by atoms with van der Waals surface area (Å²) in [6, 6.07) is -0.798.